The van der Waals surface area contributed by atoms with Crippen molar-refractivity contribution < 1.29 is 13.7 Å². The van der Waals surface area contributed by atoms with Crippen molar-refractivity contribution in [3.05, 3.63) is 77.7 Å². The summed E-state index contributed by atoms with van der Waals surface area (Å²) < 4.78 is 18.7. The van der Waals surface area contributed by atoms with Crippen molar-refractivity contribution >= 4 is 22.7 Å². The summed E-state index contributed by atoms with van der Waals surface area (Å²) in [5, 5.41) is 4.71. The van der Waals surface area contributed by atoms with Crippen molar-refractivity contribution in [3.8, 4) is 11.3 Å². The topological polar surface area (TPSA) is 62.5 Å². The largest absolute Gasteiger partial charge is 0.370 e. The highest BCUT2D eigenvalue weighted by molar-refractivity contribution is 6.07. The number of carbonyl (C=O) groups excluding carboxylic acids is 1. The lowest BCUT2D eigenvalue weighted by atomic mass is 10.0. The van der Waals surface area contributed by atoms with Crippen molar-refractivity contribution in [2.75, 3.05) is 31.1 Å². The highest BCUT2D eigenvalue weighted by Gasteiger charge is 2.25. The molecule has 32 heavy (non-hydrogen) atoms. The van der Waals surface area contributed by atoms with E-state index in [2.05, 4.69) is 15.0 Å². The molecule has 0 aliphatic carbocycles. The highest BCUT2D eigenvalue weighted by Crippen LogP contribution is 2.28. The smallest absolute Gasteiger partial charge is 0.259 e. The number of aromatic nitrogens is 2. The minimum Gasteiger partial charge on any atom is -0.370 e. The van der Waals surface area contributed by atoms with E-state index in [9.17, 15) is 9.18 Å². The van der Waals surface area contributed by atoms with Crippen LogP contribution in [0.15, 0.2) is 65.2 Å². The van der Waals surface area contributed by atoms with E-state index < -0.39 is 0 Å². The molecule has 0 radical (unpaired) electrons. The number of aryl methyl sites for hydroxylation is 1. The quantitative estimate of drug-likeness (QED) is 0.472. The van der Waals surface area contributed by atoms with Gasteiger partial charge < -0.3 is 14.3 Å². The second-order valence-corrected chi connectivity index (χ2v) is 7.98. The number of benzene rings is 2. The van der Waals surface area contributed by atoms with Crippen LogP contribution in [-0.4, -0.2) is 47.1 Å². The first kappa shape index (κ1) is 20.2. The number of hydrogen-bond donors (Lipinski definition) is 0. The van der Waals surface area contributed by atoms with Crippen LogP contribution in [0.1, 0.15) is 22.5 Å². The van der Waals surface area contributed by atoms with E-state index in [1.165, 1.54) is 12.1 Å². The summed E-state index contributed by atoms with van der Waals surface area (Å²) in [6.07, 6.45) is 0.825. The summed E-state index contributed by atoms with van der Waals surface area (Å²) in [5.41, 5.74) is 4.14. The molecule has 2 aromatic heterocycles. The van der Waals surface area contributed by atoms with Gasteiger partial charge in [-0.25, -0.2) is 9.37 Å². The first-order valence-electron chi connectivity index (χ1n) is 10.7. The number of carbonyl (C=O) groups is 1. The summed E-state index contributed by atoms with van der Waals surface area (Å²) in [7, 11) is 0. The summed E-state index contributed by atoms with van der Waals surface area (Å²) >= 11 is 0. The van der Waals surface area contributed by atoms with E-state index in [1.807, 2.05) is 48.2 Å². The Balaban J connectivity index is 1.45. The van der Waals surface area contributed by atoms with Crippen LogP contribution in [0.25, 0.3) is 22.4 Å². The second-order valence-electron chi connectivity index (χ2n) is 7.98. The zero-order valence-corrected chi connectivity index (χ0v) is 17.8. The van der Waals surface area contributed by atoms with Crippen molar-refractivity contribution in [1.82, 2.24) is 15.0 Å². The van der Waals surface area contributed by atoms with Gasteiger partial charge in [0.1, 0.15) is 5.82 Å². The molecular weight excluding hydrogens is 407 g/mol. The molecule has 6 nitrogen and oxygen atoms in total. The maximum absolute atomic E-state index is 13.6. The number of fused-ring (bicyclic) bond motifs is 1. The van der Waals surface area contributed by atoms with Gasteiger partial charge in [0.15, 0.2) is 0 Å². The Morgan fingerprint density at radius 1 is 1.00 bits per heavy atom. The molecular formula is C25H23FN4O2. The molecule has 1 fully saturated rings. The van der Waals surface area contributed by atoms with Crippen molar-refractivity contribution in [2.45, 2.75) is 13.3 Å². The van der Waals surface area contributed by atoms with Gasteiger partial charge in [-0.3, -0.25) is 4.79 Å². The summed E-state index contributed by atoms with van der Waals surface area (Å²) in [6, 6.07) is 18.1. The number of rotatable bonds is 3. The average molecular weight is 430 g/mol. The van der Waals surface area contributed by atoms with E-state index >= 15 is 0 Å². The molecule has 0 saturated carbocycles. The Morgan fingerprint density at radius 3 is 2.56 bits per heavy atom. The summed E-state index contributed by atoms with van der Waals surface area (Å²) in [4.78, 5) is 22.3. The first-order chi connectivity index (χ1) is 15.6. The van der Waals surface area contributed by atoms with Crippen molar-refractivity contribution in [3.63, 3.8) is 0 Å². The monoisotopic (exact) mass is 430 g/mol. The molecule has 0 bridgehead atoms. The fraction of sp³-hybridized carbons (Fsp3) is 0.240. The Kier molecular flexibility index (Phi) is 5.31. The SMILES string of the molecule is Cc1noc2nc(-c3ccccc3)cc(C(=O)N3CCCN(c4ccc(F)cc4)CC3)c12. The molecule has 0 unspecified atom stereocenters. The summed E-state index contributed by atoms with van der Waals surface area (Å²) in [5.74, 6) is -0.303. The second kappa shape index (κ2) is 8.42. The lowest BCUT2D eigenvalue weighted by Gasteiger charge is -2.24. The molecule has 0 N–H and O–H groups in total. The zero-order chi connectivity index (χ0) is 22.1. The Morgan fingerprint density at radius 2 is 1.78 bits per heavy atom. The minimum atomic E-state index is -0.250. The van der Waals surface area contributed by atoms with Gasteiger partial charge in [-0.1, -0.05) is 35.5 Å². The number of nitrogens with zero attached hydrogens (tertiary/aromatic N) is 4. The van der Waals surface area contributed by atoms with Crippen LogP contribution in [0.3, 0.4) is 0 Å². The lowest BCUT2D eigenvalue weighted by Crippen LogP contribution is -2.35. The van der Waals surface area contributed by atoms with Gasteiger partial charge in [-0.05, 0) is 43.7 Å². The molecule has 4 aromatic rings. The van der Waals surface area contributed by atoms with E-state index in [4.69, 9.17) is 4.52 Å². The summed E-state index contributed by atoms with van der Waals surface area (Å²) in [6.45, 7) is 4.53. The maximum Gasteiger partial charge on any atom is 0.259 e. The fourth-order valence-corrected chi connectivity index (χ4v) is 4.22. The predicted octanol–water partition coefficient (Wildman–Crippen LogP) is 4.69. The number of amides is 1. The van der Waals surface area contributed by atoms with Gasteiger partial charge in [0, 0.05) is 37.4 Å². The van der Waals surface area contributed by atoms with Crippen LogP contribution in [0, 0.1) is 12.7 Å². The van der Waals surface area contributed by atoms with E-state index in [1.54, 1.807) is 12.1 Å². The van der Waals surface area contributed by atoms with Crippen LogP contribution >= 0.6 is 0 Å². The molecule has 162 valence electrons. The molecule has 1 amide bonds. The van der Waals surface area contributed by atoms with E-state index in [0.29, 0.717) is 47.7 Å². The van der Waals surface area contributed by atoms with Gasteiger partial charge in [-0.15, -0.1) is 0 Å². The van der Waals surface area contributed by atoms with Gasteiger partial charge in [0.2, 0.25) is 0 Å². The first-order valence-corrected chi connectivity index (χ1v) is 10.7. The molecule has 1 aliphatic heterocycles. The van der Waals surface area contributed by atoms with Gasteiger partial charge in [0.25, 0.3) is 11.6 Å². The third-order valence-corrected chi connectivity index (χ3v) is 5.89. The third-order valence-electron chi connectivity index (χ3n) is 5.89. The van der Waals surface area contributed by atoms with E-state index in [0.717, 1.165) is 24.2 Å². The standard InChI is InChI=1S/C25H23FN4O2/c1-17-23-21(16-22(27-24(23)32-28-17)18-6-3-2-4-7-18)25(31)30-13-5-12-29(14-15-30)20-10-8-19(26)9-11-20/h2-4,6-11,16H,5,12-15H2,1H3. The third kappa shape index (κ3) is 3.82. The normalized spacial score (nSPS) is 14.6. The van der Waals surface area contributed by atoms with Gasteiger partial charge in [0.05, 0.1) is 22.3 Å². The van der Waals surface area contributed by atoms with Crippen LogP contribution < -0.4 is 4.90 Å². The molecule has 7 heteroatoms. The van der Waals surface area contributed by atoms with Crippen LogP contribution in [0.4, 0.5) is 10.1 Å². The zero-order valence-electron chi connectivity index (χ0n) is 17.8. The van der Waals surface area contributed by atoms with Crippen LogP contribution in [0.5, 0.6) is 0 Å². The molecule has 0 spiro atoms. The van der Waals surface area contributed by atoms with Gasteiger partial charge in [-0.2, -0.15) is 0 Å². The van der Waals surface area contributed by atoms with Crippen molar-refractivity contribution in [1.29, 1.82) is 0 Å². The Labute approximate surface area is 185 Å². The Hall–Kier alpha value is -3.74. The average Bonchev–Trinajstić information content (AvgIpc) is 3.04. The fourth-order valence-electron chi connectivity index (χ4n) is 4.22. The number of anilines is 1. The van der Waals surface area contributed by atoms with E-state index in [-0.39, 0.29) is 11.7 Å². The van der Waals surface area contributed by atoms with Crippen LogP contribution in [0.2, 0.25) is 0 Å². The molecule has 1 aliphatic rings. The molecule has 1 saturated heterocycles. The minimum absolute atomic E-state index is 0.0539. The number of hydrogen-bond acceptors (Lipinski definition) is 5. The molecule has 2 aromatic carbocycles. The van der Waals surface area contributed by atoms with Crippen molar-refractivity contribution in [2.24, 2.45) is 0 Å². The molecule has 0 atom stereocenters. The molecule has 5 rings (SSSR count). The van der Waals surface area contributed by atoms with Gasteiger partial charge >= 0.3 is 0 Å². The molecule has 3 heterocycles. The number of pyridine rings is 1. The van der Waals surface area contributed by atoms with Crippen LogP contribution in [-0.2, 0) is 0 Å². The Bertz CT molecular complexity index is 1250. The highest BCUT2D eigenvalue weighted by atomic mass is 19.1. The maximum atomic E-state index is 13.6. The number of halogens is 1. The lowest BCUT2D eigenvalue weighted by molar-refractivity contribution is 0.0769. The predicted molar refractivity (Wildman–Crippen MR) is 121 cm³/mol.